The van der Waals surface area contributed by atoms with E-state index in [1.807, 2.05) is 32.2 Å². The van der Waals surface area contributed by atoms with E-state index in [0.29, 0.717) is 19.8 Å². The number of carbonyl (C=O) groups is 1. The average Bonchev–Trinajstić information content (AvgIpc) is 3.06. The average molecular weight is 432 g/mol. The monoisotopic (exact) mass is 431 g/mol. The van der Waals surface area contributed by atoms with E-state index in [1.54, 1.807) is 0 Å². The Morgan fingerprint density at radius 2 is 2.11 bits per heavy atom. The summed E-state index contributed by atoms with van der Waals surface area (Å²) in [5, 5.41) is 0. The SMILES string of the molecule is CCOC(=O)CN(C)C1CCc2cc(OCc3cccc(Br)c3C)ccc21. The Kier molecular flexibility index (Phi) is 6.55. The summed E-state index contributed by atoms with van der Waals surface area (Å²) >= 11 is 3.57. The van der Waals surface area contributed by atoms with E-state index >= 15 is 0 Å². The lowest BCUT2D eigenvalue weighted by Gasteiger charge is -2.24. The second-order valence-electron chi connectivity index (χ2n) is 6.95. The van der Waals surface area contributed by atoms with Gasteiger partial charge in [0.25, 0.3) is 0 Å². The lowest BCUT2D eigenvalue weighted by molar-refractivity contribution is -0.144. The molecule has 1 aliphatic rings. The number of esters is 1. The zero-order valence-corrected chi connectivity index (χ0v) is 17.7. The number of benzene rings is 2. The van der Waals surface area contributed by atoms with Crippen LogP contribution in [0.3, 0.4) is 0 Å². The summed E-state index contributed by atoms with van der Waals surface area (Å²) in [6.45, 7) is 5.22. The topological polar surface area (TPSA) is 38.8 Å². The molecule has 1 unspecified atom stereocenters. The number of hydrogen-bond acceptors (Lipinski definition) is 4. The molecule has 0 bridgehead atoms. The fraction of sp³-hybridized carbons (Fsp3) is 0.409. The van der Waals surface area contributed by atoms with Gasteiger partial charge in [0.15, 0.2) is 0 Å². The Hall–Kier alpha value is -1.85. The maximum absolute atomic E-state index is 11.8. The van der Waals surface area contributed by atoms with E-state index in [2.05, 4.69) is 46.0 Å². The van der Waals surface area contributed by atoms with Gasteiger partial charge in [-0.3, -0.25) is 9.69 Å². The molecule has 0 aliphatic heterocycles. The fourth-order valence-electron chi connectivity index (χ4n) is 3.61. The number of carbonyl (C=O) groups excluding carboxylic acids is 1. The normalized spacial score (nSPS) is 15.7. The number of ether oxygens (including phenoxy) is 2. The van der Waals surface area contributed by atoms with Gasteiger partial charge in [-0.1, -0.05) is 34.1 Å². The molecule has 0 fully saturated rings. The van der Waals surface area contributed by atoms with Crippen LogP contribution in [0.25, 0.3) is 0 Å². The van der Waals surface area contributed by atoms with Crippen molar-refractivity contribution >= 4 is 21.9 Å². The van der Waals surface area contributed by atoms with Gasteiger partial charge < -0.3 is 9.47 Å². The molecule has 2 aromatic rings. The third-order valence-corrected chi connectivity index (χ3v) is 6.01. The number of nitrogens with zero attached hydrogens (tertiary/aromatic N) is 1. The molecule has 0 radical (unpaired) electrons. The van der Waals surface area contributed by atoms with E-state index in [0.717, 1.165) is 23.1 Å². The molecular weight excluding hydrogens is 406 g/mol. The molecule has 0 saturated carbocycles. The predicted octanol–water partition coefficient (Wildman–Crippen LogP) is 4.82. The first-order valence-corrected chi connectivity index (χ1v) is 10.1. The molecule has 0 N–H and O–H groups in total. The Balaban J connectivity index is 1.65. The minimum atomic E-state index is -0.169. The van der Waals surface area contributed by atoms with Crippen molar-refractivity contribution in [1.29, 1.82) is 0 Å². The first-order chi connectivity index (χ1) is 13.0. The summed E-state index contributed by atoms with van der Waals surface area (Å²) in [5.41, 5.74) is 4.98. The van der Waals surface area contributed by atoms with Gasteiger partial charge in [-0.2, -0.15) is 0 Å². The van der Waals surface area contributed by atoms with Gasteiger partial charge in [0.1, 0.15) is 12.4 Å². The van der Waals surface area contributed by atoms with Crippen LogP contribution in [0.4, 0.5) is 0 Å². The molecule has 1 atom stereocenters. The Morgan fingerprint density at radius 3 is 2.89 bits per heavy atom. The van der Waals surface area contributed by atoms with E-state index in [1.165, 1.54) is 22.3 Å². The standard InChI is InChI=1S/C22H26BrNO3/c1-4-26-22(25)13-24(3)21-11-8-16-12-18(9-10-19(16)21)27-14-17-6-5-7-20(23)15(17)2/h5-7,9-10,12,21H,4,8,11,13-14H2,1-3H3. The van der Waals surface area contributed by atoms with Crippen molar-refractivity contribution in [1.82, 2.24) is 4.90 Å². The number of halogens is 1. The second-order valence-corrected chi connectivity index (χ2v) is 7.80. The van der Waals surface area contributed by atoms with E-state index in [9.17, 15) is 4.79 Å². The van der Waals surface area contributed by atoms with Crippen LogP contribution in [0.5, 0.6) is 5.75 Å². The molecule has 2 aromatic carbocycles. The molecule has 27 heavy (non-hydrogen) atoms. The lowest BCUT2D eigenvalue weighted by Crippen LogP contribution is -2.30. The van der Waals surface area contributed by atoms with Gasteiger partial charge in [0.05, 0.1) is 13.2 Å². The third kappa shape index (κ3) is 4.71. The molecule has 0 heterocycles. The van der Waals surface area contributed by atoms with Crippen molar-refractivity contribution in [2.24, 2.45) is 0 Å². The van der Waals surface area contributed by atoms with E-state index in [-0.39, 0.29) is 12.0 Å². The highest BCUT2D eigenvalue weighted by atomic mass is 79.9. The predicted molar refractivity (Wildman–Crippen MR) is 110 cm³/mol. The van der Waals surface area contributed by atoms with Crippen molar-refractivity contribution in [3.63, 3.8) is 0 Å². The second kappa shape index (κ2) is 8.89. The van der Waals surface area contributed by atoms with Gasteiger partial charge in [-0.15, -0.1) is 0 Å². The van der Waals surface area contributed by atoms with Crippen LogP contribution in [0.15, 0.2) is 40.9 Å². The summed E-state index contributed by atoms with van der Waals surface area (Å²) < 4.78 is 12.2. The zero-order chi connectivity index (χ0) is 19.4. The highest BCUT2D eigenvalue weighted by molar-refractivity contribution is 9.10. The van der Waals surface area contributed by atoms with Gasteiger partial charge in [0, 0.05) is 10.5 Å². The fourth-order valence-corrected chi connectivity index (χ4v) is 4.02. The maximum atomic E-state index is 11.8. The Bertz CT molecular complexity index is 821. The molecule has 1 aliphatic carbocycles. The van der Waals surface area contributed by atoms with Crippen LogP contribution in [0.1, 0.15) is 41.6 Å². The van der Waals surface area contributed by atoms with Crippen molar-refractivity contribution < 1.29 is 14.3 Å². The molecule has 4 nitrogen and oxygen atoms in total. The molecule has 0 amide bonds. The van der Waals surface area contributed by atoms with Crippen LogP contribution in [0.2, 0.25) is 0 Å². The van der Waals surface area contributed by atoms with Crippen LogP contribution < -0.4 is 4.74 Å². The van der Waals surface area contributed by atoms with Crippen LogP contribution in [-0.4, -0.2) is 31.1 Å². The Morgan fingerprint density at radius 1 is 1.30 bits per heavy atom. The first kappa shape index (κ1) is 19.9. The highest BCUT2D eigenvalue weighted by Crippen LogP contribution is 2.37. The van der Waals surface area contributed by atoms with E-state index < -0.39 is 0 Å². The van der Waals surface area contributed by atoms with Gasteiger partial charge in [-0.05, 0) is 74.2 Å². The summed E-state index contributed by atoms with van der Waals surface area (Å²) in [6, 6.07) is 12.7. The number of fused-ring (bicyclic) bond motifs is 1. The maximum Gasteiger partial charge on any atom is 0.320 e. The van der Waals surface area contributed by atoms with Gasteiger partial charge >= 0.3 is 5.97 Å². The number of aryl methyl sites for hydroxylation is 1. The van der Waals surface area contributed by atoms with Crippen molar-refractivity contribution in [3.05, 3.63) is 63.1 Å². The van der Waals surface area contributed by atoms with Gasteiger partial charge in [-0.25, -0.2) is 0 Å². The quantitative estimate of drug-likeness (QED) is 0.589. The highest BCUT2D eigenvalue weighted by Gasteiger charge is 2.27. The lowest BCUT2D eigenvalue weighted by atomic mass is 10.1. The van der Waals surface area contributed by atoms with Crippen molar-refractivity contribution in [2.45, 2.75) is 39.3 Å². The smallest absolute Gasteiger partial charge is 0.320 e. The largest absolute Gasteiger partial charge is 0.489 e. The first-order valence-electron chi connectivity index (χ1n) is 9.35. The summed E-state index contributed by atoms with van der Waals surface area (Å²) in [7, 11) is 1.98. The van der Waals surface area contributed by atoms with Gasteiger partial charge in [0.2, 0.25) is 0 Å². The van der Waals surface area contributed by atoms with E-state index in [4.69, 9.17) is 9.47 Å². The minimum absolute atomic E-state index is 0.169. The number of likely N-dealkylation sites (N-methyl/N-ethyl adjacent to an activating group) is 1. The molecule has 0 spiro atoms. The Labute approximate surface area is 169 Å². The van der Waals surface area contributed by atoms with Crippen molar-refractivity contribution in [2.75, 3.05) is 20.2 Å². The van der Waals surface area contributed by atoms with Crippen LogP contribution >= 0.6 is 15.9 Å². The number of rotatable bonds is 7. The molecule has 0 saturated heterocycles. The number of hydrogen-bond donors (Lipinski definition) is 0. The molecule has 3 rings (SSSR count). The molecular formula is C22H26BrNO3. The zero-order valence-electron chi connectivity index (χ0n) is 16.1. The summed E-state index contributed by atoms with van der Waals surface area (Å²) in [6.07, 6.45) is 2.01. The third-order valence-electron chi connectivity index (χ3n) is 5.15. The molecule has 5 heteroatoms. The summed E-state index contributed by atoms with van der Waals surface area (Å²) in [5.74, 6) is 0.722. The van der Waals surface area contributed by atoms with Crippen LogP contribution in [-0.2, 0) is 22.6 Å². The van der Waals surface area contributed by atoms with Crippen LogP contribution in [0, 0.1) is 6.92 Å². The minimum Gasteiger partial charge on any atom is -0.489 e. The summed E-state index contributed by atoms with van der Waals surface area (Å²) in [4.78, 5) is 13.8. The molecule has 144 valence electrons. The van der Waals surface area contributed by atoms with Crippen molar-refractivity contribution in [3.8, 4) is 5.75 Å². The molecule has 0 aromatic heterocycles.